The summed E-state index contributed by atoms with van der Waals surface area (Å²) < 4.78 is 0. The molecule has 6 nitrogen and oxygen atoms in total. The fourth-order valence-electron chi connectivity index (χ4n) is 9.32. The predicted octanol–water partition coefficient (Wildman–Crippen LogP) is 13.1. The van der Waals surface area contributed by atoms with Gasteiger partial charge >= 0.3 is 0 Å². The monoisotopic (exact) mass is 798 g/mol. The van der Waals surface area contributed by atoms with Crippen LogP contribution < -0.4 is 0 Å². The number of aromatic nitrogens is 4. The van der Waals surface area contributed by atoms with Gasteiger partial charge in [-0.15, -0.1) is 0 Å². The topological polar surface area (TPSA) is 91.5 Å². The van der Waals surface area contributed by atoms with Crippen LogP contribution in [0.1, 0.15) is 111 Å². The Labute approximate surface area is 351 Å². The van der Waals surface area contributed by atoms with Gasteiger partial charge in [0.25, 0.3) is 0 Å². The molecular weight excluding hydrogens is 748 g/mol. The zero-order chi connectivity index (χ0) is 41.9. The van der Waals surface area contributed by atoms with Crippen LogP contribution in [0.25, 0.3) is 66.6 Å². The minimum absolute atomic E-state index is 0.0455. The van der Waals surface area contributed by atoms with Crippen LogP contribution in [0.5, 0.6) is 0 Å². The maximum atomic E-state index is 12.7. The van der Waals surface area contributed by atoms with Crippen molar-refractivity contribution in [3.63, 3.8) is 0 Å². The number of nitrogens with zero attached hydrogens (tertiary/aromatic N) is 2. The zero-order valence-electron chi connectivity index (χ0n) is 35.6. The molecule has 3 aromatic heterocycles. The van der Waals surface area contributed by atoms with E-state index in [1.54, 1.807) is 0 Å². The first kappa shape index (κ1) is 40.0. The lowest BCUT2D eigenvalue weighted by atomic mass is 9.93. The molecule has 0 amide bonds. The van der Waals surface area contributed by atoms with Crippen LogP contribution in [0.4, 0.5) is 0 Å². The summed E-state index contributed by atoms with van der Waals surface area (Å²) in [5.74, 6) is -0.567. The van der Waals surface area contributed by atoms with E-state index in [1.165, 1.54) is 62.3 Å². The number of hydrogen-bond acceptors (Lipinski definition) is 4. The van der Waals surface area contributed by atoms with E-state index in [1.807, 2.05) is 0 Å². The lowest BCUT2D eigenvalue weighted by Gasteiger charge is -2.10. The number of carbonyl (C=O) groups excluding carboxylic acids is 2. The fourth-order valence-corrected chi connectivity index (χ4v) is 9.47. The number of hydrogen-bond donors (Lipinski definition) is 2. The normalized spacial score (nSPS) is 14.4. The van der Waals surface area contributed by atoms with E-state index in [4.69, 9.17) is 21.6 Å². The van der Waals surface area contributed by atoms with E-state index in [0.717, 1.165) is 98.3 Å². The molecule has 0 unspecified atom stereocenters. The first-order valence-corrected chi connectivity index (χ1v) is 21.3. The number of fused-ring (bicyclic) bond motifs is 8. The summed E-state index contributed by atoms with van der Waals surface area (Å²) in [4.78, 5) is 44.0. The molecule has 8 rings (SSSR count). The maximum absolute atomic E-state index is 12.7. The van der Waals surface area contributed by atoms with Crippen LogP contribution in [-0.4, -0.2) is 31.5 Å². The Balaban J connectivity index is 1.49. The van der Waals surface area contributed by atoms with Gasteiger partial charge in [0.1, 0.15) is 0 Å². The number of halogens is 1. The molecule has 1 aliphatic carbocycles. The average molecular weight is 799 g/mol. The van der Waals surface area contributed by atoms with Gasteiger partial charge in [0.2, 0.25) is 0 Å². The summed E-state index contributed by atoms with van der Waals surface area (Å²) in [5.41, 5.74) is 24.7. The first-order valence-electron chi connectivity index (χ1n) is 20.9. The SMILES string of the molecule is CCC1=C(C)c2nc1cc1[nH]c(c(C)c1CC)c(-c1ccc(CC3=CC(=O)C(Cl)=CC3=O)cc1)c1[nH]c(cc3nc(c2-c2ccc(C)cc2)C(C)=C3CC)c(CC)c1C. The number of aromatic amines is 2. The van der Waals surface area contributed by atoms with Crippen molar-refractivity contribution in [3.8, 4) is 22.3 Å². The third-order valence-electron chi connectivity index (χ3n) is 12.6. The molecule has 0 fully saturated rings. The average Bonchev–Trinajstić information content (AvgIpc) is 3.91. The van der Waals surface area contributed by atoms with Gasteiger partial charge in [-0.3, -0.25) is 9.59 Å². The molecule has 2 aromatic carbocycles. The highest BCUT2D eigenvalue weighted by molar-refractivity contribution is 6.47. The molecule has 0 spiro atoms. The Kier molecular flexibility index (Phi) is 10.6. The van der Waals surface area contributed by atoms with Crippen molar-refractivity contribution in [1.29, 1.82) is 0 Å². The number of allylic oxidation sites excluding steroid dienone is 8. The molecule has 0 atom stereocenters. The van der Waals surface area contributed by atoms with Crippen molar-refractivity contribution in [2.24, 2.45) is 0 Å². The van der Waals surface area contributed by atoms with Crippen molar-refractivity contribution >= 4 is 67.5 Å². The Morgan fingerprint density at radius 3 is 1.53 bits per heavy atom. The third-order valence-corrected chi connectivity index (χ3v) is 12.9. The third kappa shape index (κ3) is 6.87. The second-order valence-corrected chi connectivity index (χ2v) is 16.4. The standard InChI is InChI=1S/C52H51ClN4O2/c1-10-36-28(6)49-47(33-18-14-27(5)15-19-33)50-29(7)37(11-2)42(55-50)26-44-39(13-4)31(9)52(57-44)48(51-30(8)38(12-3)43(56-51)25-41(36)54-49)34-20-16-32(17-21-34)22-35-23-46(59)40(53)24-45(35)58/h14-21,23-26,56-57H,10-13,22H2,1-9H3. The van der Waals surface area contributed by atoms with Crippen LogP contribution in [0.15, 0.2) is 83.4 Å². The largest absolute Gasteiger partial charge is 0.354 e. The van der Waals surface area contributed by atoms with E-state index in [0.29, 0.717) is 12.0 Å². The number of ketones is 2. The van der Waals surface area contributed by atoms with Crippen LogP contribution in [0.2, 0.25) is 0 Å². The van der Waals surface area contributed by atoms with Crippen molar-refractivity contribution in [3.05, 3.63) is 140 Å². The molecule has 0 saturated heterocycles. The minimum atomic E-state index is -0.337. The highest BCUT2D eigenvalue weighted by Crippen LogP contribution is 2.44. The van der Waals surface area contributed by atoms with Crippen molar-refractivity contribution < 1.29 is 9.59 Å². The van der Waals surface area contributed by atoms with Gasteiger partial charge in [-0.1, -0.05) is 93.4 Å². The highest BCUT2D eigenvalue weighted by Gasteiger charge is 2.27. The van der Waals surface area contributed by atoms with Crippen LogP contribution in [0, 0.1) is 20.8 Å². The Morgan fingerprint density at radius 2 is 1.05 bits per heavy atom. The molecule has 2 N–H and O–H groups in total. The lowest BCUT2D eigenvalue weighted by Crippen LogP contribution is -2.12. The predicted molar refractivity (Wildman–Crippen MR) is 246 cm³/mol. The Morgan fingerprint density at radius 1 is 0.576 bits per heavy atom. The lowest BCUT2D eigenvalue weighted by molar-refractivity contribution is -0.114. The van der Waals surface area contributed by atoms with Gasteiger partial charge < -0.3 is 9.97 Å². The molecule has 3 aliphatic rings. The number of nitrogens with one attached hydrogen (secondary N) is 2. The smallest absolute Gasteiger partial charge is 0.197 e. The van der Waals surface area contributed by atoms with Crippen molar-refractivity contribution in [2.45, 2.75) is 94.4 Å². The van der Waals surface area contributed by atoms with Gasteiger partial charge in [-0.25, -0.2) is 9.97 Å². The molecule has 2 aliphatic heterocycles. The van der Waals surface area contributed by atoms with E-state index >= 15 is 0 Å². The Bertz CT molecular complexity index is 2790. The Hall–Kier alpha value is -5.85. The first-order chi connectivity index (χ1) is 28.4. The zero-order valence-corrected chi connectivity index (χ0v) is 36.3. The molecule has 8 bridgehead atoms. The van der Waals surface area contributed by atoms with E-state index in [-0.39, 0.29) is 16.6 Å². The molecule has 59 heavy (non-hydrogen) atoms. The number of H-pyrrole nitrogens is 2. The highest BCUT2D eigenvalue weighted by atomic mass is 35.5. The van der Waals surface area contributed by atoms with Gasteiger partial charge in [-0.05, 0) is 140 Å². The number of rotatable bonds is 8. The summed E-state index contributed by atoms with van der Waals surface area (Å²) in [6.07, 6.45) is 6.31. The van der Waals surface area contributed by atoms with E-state index in [2.05, 4.69) is 133 Å². The van der Waals surface area contributed by atoms with Crippen LogP contribution in [-0.2, 0) is 28.9 Å². The fraction of sp³-hybridized carbons (Fsp3) is 0.269. The number of aryl methyl sites for hydroxylation is 5. The second-order valence-electron chi connectivity index (χ2n) is 16.0. The van der Waals surface area contributed by atoms with Crippen LogP contribution >= 0.6 is 11.6 Å². The maximum Gasteiger partial charge on any atom is 0.197 e. The molecule has 0 radical (unpaired) electrons. The molecule has 298 valence electrons. The van der Waals surface area contributed by atoms with Crippen molar-refractivity contribution in [2.75, 3.05) is 0 Å². The van der Waals surface area contributed by atoms with Gasteiger partial charge in [0.05, 0.1) is 38.8 Å². The van der Waals surface area contributed by atoms with Gasteiger partial charge in [0.15, 0.2) is 11.6 Å². The van der Waals surface area contributed by atoms with Gasteiger partial charge in [-0.2, -0.15) is 0 Å². The number of carbonyl (C=O) groups is 2. The van der Waals surface area contributed by atoms with Gasteiger partial charge in [0, 0.05) is 40.2 Å². The summed E-state index contributed by atoms with van der Waals surface area (Å²) >= 11 is 5.96. The van der Waals surface area contributed by atoms with Crippen LogP contribution in [0.3, 0.4) is 0 Å². The van der Waals surface area contributed by atoms with Crippen molar-refractivity contribution in [1.82, 2.24) is 19.9 Å². The summed E-state index contributed by atoms with van der Waals surface area (Å²) in [5, 5.41) is -0.0455. The van der Waals surface area contributed by atoms with E-state index in [9.17, 15) is 9.59 Å². The molecule has 0 saturated carbocycles. The summed E-state index contributed by atoms with van der Waals surface area (Å²) in [6, 6.07) is 21.7. The quantitative estimate of drug-likeness (QED) is 0.153. The summed E-state index contributed by atoms with van der Waals surface area (Å²) in [6.45, 7) is 19.9. The minimum Gasteiger partial charge on any atom is -0.354 e. The summed E-state index contributed by atoms with van der Waals surface area (Å²) in [7, 11) is 0. The molecule has 5 aromatic rings. The second kappa shape index (κ2) is 15.7. The molecule has 5 heterocycles. The van der Waals surface area contributed by atoms with E-state index < -0.39 is 0 Å². The molecule has 7 heteroatoms. The number of benzene rings is 2. The molecular formula is C52H51ClN4O2.